The van der Waals surface area contributed by atoms with E-state index in [0.29, 0.717) is 5.75 Å². The molecule has 1 saturated heterocycles. The largest absolute Gasteiger partial charge is 0.508 e. The second-order valence-corrected chi connectivity index (χ2v) is 6.83. The number of phenols is 1. The predicted octanol–water partition coefficient (Wildman–Crippen LogP) is 1.69. The zero-order valence-corrected chi connectivity index (χ0v) is 10.6. The van der Waals surface area contributed by atoms with Crippen molar-refractivity contribution in [1.29, 1.82) is 0 Å². The number of aromatic hydroxyl groups is 1. The van der Waals surface area contributed by atoms with Gasteiger partial charge < -0.3 is 10.4 Å². The molecule has 94 valence electrons. The highest BCUT2D eigenvalue weighted by Gasteiger charge is 2.24. The zero-order chi connectivity index (χ0) is 12.5. The monoisotopic (exact) mass is 255 g/mol. The number of benzene rings is 1. The number of phenolic OH excluding ortho intramolecular Hbond substituents is 1. The number of anilines is 1. The molecule has 0 radical (unpaired) electrons. The Morgan fingerprint density at radius 3 is 2.82 bits per heavy atom. The molecule has 0 bridgehead atoms. The molecule has 4 nitrogen and oxygen atoms in total. The maximum Gasteiger partial charge on any atom is 0.152 e. The maximum atomic E-state index is 11.5. The molecular weight excluding hydrogens is 238 g/mol. The van der Waals surface area contributed by atoms with Gasteiger partial charge in [-0.15, -0.1) is 0 Å². The predicted molar refractivity (Wildman–Crippen MR) is 68.1 cm³/mol. The Balaban J connectivity index is 2.08. The Labute approximate surface area is 102 Å². The Morgan fingerprint density at radius 1 is 1.41 bits per heavy atom. The molecule has 2 rings (SSSR count). The minimum atomic E-state index is -2.88. The fraction of sp³-hybridized carbons (Fsp3) is 0.500. The van der Waals surface area contributed by atoms with Crippen molar-refractivity contribution in [1.82, 2.24) is 0 Å². The lowest BCUT2D eigenvalue weighted by molar-refractivity contribution is 0.471. The van der Waals surface area contributed by atoms with Crippen LogP contribution < -0.4 is 5.32 Å². The van der Waals surface area contributed by atoms with Crippen molar-refractivity contribution in [2.24, 2.45) is 0 Å². The lowest BCUT2D eigenvalue weighted by atomic mass is 10.1. The number of aryl methyl sites for hydroxylation is 1. The molecule has 1 unspecified atom stereocenters. The third kappa shape index (κ3) is 3.12. The van der Waals surface area contributed by atoms with E-state index in [0.717, 1.165) is 24.1 Å². The highest BCUT2D eigenvalue weighted by atomic mass is 32.2. The summed E-state index contributed by atoms with van der Waals surface area (Å²) in [5.74, 6) is 0.763. The summed E-state index contributed by atoms with van der Waals surface area (Å²) in [6.07, 6.45) is 1.59. The van der Waals surface area contributed by atoms with E-state index in [9.17, 15) is 13.5 Å². The quantitative estimate of drug-likeness (QED) is 0.789. The van der Waals surface area contributed by atoms with E-state index >= 15 is 0 Å². The lowest BCUT2D eigenvalue weighted by Gasteiger charge is -2.24. The van der Waals surface area contributed by atoms with E-state index in [1.54, 1.807) is 12.1 Å². The summed E-state index contributed by atoms with van der Waals surface area (Å²) in [7, 11) is -2.88. The Hall–Kier alpha value is -1.23. The van der Waals surface area contributed by atoms with Crippen LogP contribution in [0.3, 0.4) is 0 Å². The standard InChI is InChI=1S/C12H17NO3S/c1-9-7-10(4-5-12(9)14)13-11-3-2-6-17(15,16)8-11/h4-5,7,11,13-14H,2-3,6,8H2,1H3. The Morgan fingerprint density at radius 2 is 2.18 bits per heavy atom. The SMILES string of the molecule is Cc1cc(NC2CCCS(=O)(=O)C2)ccc1O. The maximum absolute atomic E-state index is 11.5. The topological polar surface area (TPSA) is 66.4 Å². The smallest absolute Gasteiger partial charge is 0.152 e. The molecule has 1 fully saturated rings. The van der Waals surface area contributed by atoms with Crippen LogP contribution in [-0.2, 0) is 9.84 Å². The van der Waals surface area contributed by atoms with Crippen LogP contribution in [0.25, 0.3) is 0 Å². The van der Waals surface area contributed by atoms with Gasteiger partial charge in [-0.05, 0) is 43.5 Å². The van der Waals surface area contributed by atoms with Crippen LogP contribution in [0.15, 0.2) is 18.2 Å². The minimum absolute atomic E-state index is 0.0160. The molecule has 1 heterocycles. The zero-order valence-electron chi connectivity index (χ0n) is 9.81. The number of hydrogen-bond donors (Lipinski definition) is 2. The molecule has 1 aromatic carbocycles. The van der Waals surface area contributed by atoms with Crippen molar-refractivity contribution in [3.05, 3.63) is 23.8 Å². The van der Waals surface area contributed by atoms with Crippen LogP contribution in [0.4, 0.5) is 5.69 Å². The van der Waals surface area contributed by atoms with Gasteiger partial charge >= 0.3 is 0 Å². The van der Waals surface area contributed by atoms with Crippen LogP contribution in [0, 0.1) is 6.92 Å². The van der Waals surface area contributed by atoms with Crippen molar-refractivity contribution in [3.8, 4) is 5.75 Å². The fourth-order valence-electron chi connectivity index (χ4n) is 2.12. The normalized spacial score (nSPS) is 23.2. The Bertz CT molecular complexity index is 510. The molecule has 1 aliphatic heterocycles. The summed E-state index contributed by atoms with van der Waals surface area (Å²) >= 11 is 0. The van der Waals surface area contributed by atoms with Crippen LogP contribution in [0.1, 0.15) is 18.4 Å². The highest BCUT2D eigenvalue weighted by molar-refractivity contribution is 7.91. The average Bonchev–Trinajstić information content (AvgIpc) is 2.22. The molecule has 2 N–H and O–H groups in total. The van der Waals surface area contributed by atoms with Crippen molar-refractivity contribution in [2.75, 3.05) is 16.8 Å². The van der Waals surface area contributed by atoms with Crippen LogP contribution >= 0.6 is 0 Å². The molecular formula is C12H17NO3S. The summed E-state index contributed by atoms with van der Waals surface area (Å²) in [6, 6.07) is 5.20. The third-order valence-corrected chi connectivity index (χ3v) is 4.85. The van der Waals surface area contributed by atoms with Gasteiger partial charge in [-0.3, -0.25) is 0 Å². The number of rotatable bonds is 2. The van der Waals surface area contributed by atoms with Gasteiger partial charge in [-0.2, -0.15) is 0 Å². The molecule has 1 aliphatic rings. The molecule has 0 aromatic heterocycles. The molecule has 0 spiro atoms. The van der Waals surface area contributed by atoms with E-state index in [4.69, 9.17) is 0 Å². The van der Waals surface area contributed by atoms with Gasteiger partial charge in [-0.25, -0.2) is 8.42 Å². The van der Waals surface area contributed by atoms with Gasteiger partial charge in [-0.1, -0.05) is 0 Å². The van der Waals surface area contributed by atoms with E-state index < -0.39 is 9.84 Å². The van der Waals surface area contributed by atoms with E-state index in [-0.39, 0.29) is 17.5 Å². The first-order chi connectivity index (χ1) is 7.96. The molecule has 1 aromatic rings. The average molecular weight is 255 g/mol. The molecule has 0 aliphatic carbocycles. The van der Waals surface area contributed by atoms with Gasteiger partial charge in [0.15, 0.2) is 9.84 Å². The van der Waals surface area contributed by atoms with Crippen LogP contribution in [0.5, 0.6) is 5.75 Å². The number of hydrogen-bond acceptors (Lipinski definition) is 4. The molecule has 5 heteroatoms. The van der Waals surface area contributed by atoms with E-state index in [1.807, 2.05) is 13.0 Å². The van der Waals surface area contributed by atoms with Crippen LogP contribution in [-0.4, -0.2) is 31.1 Å². The molecule has 1 atom stereocenters. The fourth-order valence-corrected chi connectivity index (χ4v) is 3.75. The molecule has 17 heavy (non-hydrogen) atoms. The van der Waals surface area contributed by atoms with Gasteiger partial charge in [0.25, 0.3) is 0 Å². The lowest BCUT2D eigenvalue weighted by Crippen LogP contribution is -2.34. The van der Waals surface area contributed by atoms with Gasteiger partial charge in [0.05, 0.1) is 11.5 Å². The summed E-state index contributed by atoms with van der Waals surface area (Å²) in [4.78, 5) is 0. The van der Waals surface area contributed by atoms with Crippen molar-refractivity contribution >= 4 is 15.5 Å². The number of sulfone groups is 1. The van der Waals surface area contributed by atoms with Crippen molar-refractivity contribution in [3.63, 3.8) is 0 Å². The minimum Gasteiger partial charge on any atom is -0.508 e. The summed E-state index contributed by atoms with van der Waals surface area (Å²) in [6.45, 7) is 1.82. The third-order valence-electron chi connectivity index (χ3n) is 3.03. The molecule has 0 amide bonds. The van der Waals surface area contributed by atoms with Gasteiger partial charge in [0.1, 0.15) is 5.75 Å². The van der Waals surface area contributed by atoms with Gasteiger partial charge in [0.2, 0.25) is 0 Å². The van der Waals surface area contributed by atoms with E-state index in [1.165, 1.54) is 0 Å². The van der Waals surface area contributed by atoms with E-state index in [2.05, 4.69) is 5.32 Å². The first-order valence-corrected chi connectivity index (χ1v) is 7.55. The highest BCUT2D eigenvalue weighted by Crippen LogP contribution is 2.22. The van der Waals surface area contributed by atoms with Crippen molar-refractivity contribution in [2.45, 2.75) is 25.8 Å². The summed E-state index contributed by atoms with van der Waals surface area (Å²) in [5.41, 5.74) is 1.65. The van der Waals surface area contributed by atoms with Crippen LogP contribution in [0.2, 0.25) is 0 Å². The summed E-state index contributed by atoms with van der Waals surface area (Å²) in [5, 5.41) is 12.6. The molecule has 0 saturated carbocycles. The second-order valence-electron chi connectivity index (χ2n) is 4.60. The number of nitrogens with one attached hydrogen (secondary N) is 1. The second kappa shape index (κ2) is 4.56. The van der Waals surface area contributed by atoms with Gasteiger partial charge in [0, 0.05) is 11.7 Å². The first kappa shape index (κ1) is 12.2. The Kier molecular flexibility index (Phi) is 3.28. The summed E-state index contributed by atoms with van der Waals surface area (Å²) < 4.78 is 23.0. The first-order valence-electron chi connectivity index (χ1n) is 5.73. The van der Waals surface area contributed by atoms with Crippen molar-refractivity contribution < 1.29 is 13.5 Å².